The molecule has 11 rings (SSSR count). The maximum atomic E-state index is 5.38. The summed E-state index contributed by atoms with van der Waals surface area (Å²) in [6.07, 6.45) is 0. The van der Waals surface area contributed by atoms with Gasteiger partial charge in [-0.1, -0.05) is 127 Å². The van der Waals surface area contributed by atoms with Gasteiger partial charge in [0.15, 0.2) is 0 Å². The molecule has 0 spiro atoms. The molecule has 11 aromatic rings. The predicted molar refractivity (Wildman–Crippen MR) is 214 cm³/mol. The van der Waals surface area contributed by atoms with Crippen molar-refractivity contribution in [2.75, 3.05) is 0 Å². The summed E-state index contributed by atoms with van der Waals surface area (Å²) in [7, 11) is 0. The zero-order chi connectivity index (χ0) is 33.5. The van der Waals surface area contributed by atoms with E-state index in [9.17, 15) is 0 Å². The third-order valence-electron chi connectivity index (χ3n) is 10.1. The van der Waals surface area contributed by atoms with E-state index in [1.54, 1.807) is 0 Å². The molecule has 0 saturated heterocycles. The van der Waals surface area contributed by atoms with Crippen LogP contribution in [0.15, 0.2) is 170 Å². The standard InChI is InChI=1S/C46H28N4S/c1-3-13-29(14-4-1)37-28-38(30-15-5-2-6-16-30)48-46(47-37)50-41-27-31(49-39-20-10-7-17-32(39)33-18-8-11-21-40(33)49)23-24-34(41)35-25-26-43-44(45(35)50)36-19-9-12-22-42(36)51-43/h1-28H. The van der Waals surface area contributed by atoms with E-state index in [1.165, 1.54) is 52.8 Å². The van der Waals surface area contributed by atoms with Crippen LogP contribution in [0, 0.1) is 0 Å². The number of hydrogen-bond acceptors (Lipinski definition) is 3. The molecule has 238 valence electrons. The maximum Gasteiger partial charge on any atom is 0.235 e. The van der Waals surface area contributed by atoms with Crippen molar-refractivity contribution in [3.05, 3.63) is 170 Å². The van der Waals surface area contributed by atoms with Crippen molar-refractivity contribution in [3.8, 4) is 34.2 Å². The third-order valence-corrected chi connectivity index (χ3v) is 11.3. The molecule has 0 N–H and O–H groups in total. The lowest BCUT2D eigenvalue weighted by Gasteiger charge is -2.13. The van der Waals surface area contributed by atoms with Crippen molar-refractivity contribution in [2.24, 2.45) is 0 Å². The summed E-state index contributed by atoms with van der Waals surface area (Å²) in [5.74, 6) is 0.650. The topological polar surface area (TPSA) is 35.6 Å². The van der Waals surface area contributed by atoms with Gasteiger partial charge in [0.1, 0.15) is 0 Å². The number of rotatable bonds is 4. The van der Waals surface area contributed by atoms with Gasteiger partial charge in [-0.3, -0.25) is 4.57 Å². The summed E-state index contributed by atoms with van der Waals surface area (Å²) < 4.78 is 7.23. The van der Waals surface area contributed by atoms with Gasteiger partial charge in [-0.2, -0.15) is 0 Å². The Bertz CT molecular complexity index is 3020. The summed E-state index contributed by atoms with van der Waals surface area (Å²) in [6, 6.07) is 60.5. The molecule has 4 nitrogen and oxygen atoms in total. The van der Waals surface area contributed by atoms with Crippen molar-refractivity contribution >= 4 is 75.1 Å². The fraction of sp³-hybridized carbons (Fsp3) is 0. The third kappa shape index (κ3) is 4.25. The van der Waals surface area contributed by atoms with Crippen LogP contribution < -0.4 is 0 Å². The van der Waals surface area contributed by atoms with Crippen LogP contribution in [-0.2, 0) is 0 Å². The Morgan fingerprint density at radius 3 is 1.61 bits per heavy atom. The number of aromatic nitrogens is 4. The molecule has 0 atom stereocenters. The lowest BCUT2D eigenvalue weighted by Crippen LogP contribution is -2.04. The zero-order valence-corrected chi connectivity index (χ0v) is 28.2. The molecule has 4 aromatic heterocycles. The van der Waals surface area contributed by atoms with Gasteiger partial charge in [-0.05, 0) is 42.5 Å². The lowest BCUT2D eigenvalue weighted by molar-refractivity contribution is 0.997. The molecule has 7 aromatic carbocycles. The number of benzene rings is 7. The van der Waals surface area contributed by atoms with E-state index in [4.69, 9.17) is 9.97 Å². The van der Waals surface area contributed by atoms with E-state index in [1.807, 2.05) is 23.5 Å². The second-order valence-electron chi connectivity index (χ2n) is 13.0. The van der Waals surface area contributed by atoms with E-state index in [-0.39, 0.29) is 0 Å². The van der Waals surface area contributed by atoms with Crippen LogP contribution in [0.5, 0.6) is 0 Å². The van der Waals surface area contributed by atoms with E-state index in [0.717, 1.165) is 39.2 Å². The first kappa shape index (κ1) is 28.3. The average molecular weight is 669 g/mol. The van der Waals surface area contributed by atoms with E-state index in [0.29, 0.717) is 5.95 Å². The molecule has 5 heteroatoms. The first-order valence-electron chi connectivity index (χ1n) is 17.2. The van der Waals surface area contributed by atoms with Gasteiger partial charge in [-0.25, -0.2) is 9.97 Å². The van der Waals surface area contributed by atoms with Crippen LogP contribution in [0.2, 0.25) is 0 Å². The normalized spacial score (nSPS) is 11.9. The zero-order valence-electron chi connectivity index (χ0n) is 27.4. The number of hydrogen-bond donors (Lipinski definition) is 0. The molecular weight excluding hydrogens is 641 g/mol. The quantitative estimate of drug-likeness (QED) is 0.187. The molecule has 0 unspecified atom stereocenters. The van der Waals surface area contributed by atoms with E-state index >= 15 is 0 Å². The molecule has 0 bridgehead atoms. The highest BCUT2D eigenvalue weighted by molar-refractivity contribution is 7.26. The van der Waals surface area contributed by atoms with Crippen molar-refractivity contribution in [1.29, 1.82) is 0 Å². The highest BCUT2D eigenvalue weighted by Gasteiger charge is 2.22. The summed E-state index contributed by atoms with van der Waals surface area (Å²) in [4.78, 5) is 10.8. The van der Waals surface area contributed by atoms with Crippen LogP contribution in [0.25, 0.3) is 97.9 Å². The molecule has 0 aliphatic rings. The second-order valence-corrected chi connectivity index (χ2v) is 14.1. The molecule has 0 fully saturated rings. The monoisotopic (exact) mass is 668 g/mol. The Morgan fingerprint density at radius 2 is 0.941 bits per heavy atom. The van der Waals surface area contributed by atoms with Crippen LogP contribution in [0.1, 0.15) is 0 Å². The maximum absolute atomic E-state index is 5.38. The molecular formula is C46H28N4S. The largest absolute Gasteiger partial charge is 0.309 e. The van der Waals surface area contributed by atoms with Gasteiger partial charge in [0.2, 0.25) is 5.95 Å². The summed E-state index contributed by atoms with van der Waals surface area (Å²) in [5.41, 5.74) is 9.53. The first-order chi connectivity index (χ1) is 25.3. The fourth-order valence-electron chi connectivity index (χ4n) is 7.90. The van der Waals surface area contributed by atoms with Crippen molar-refractivity contribution in [2.45, 2.75) is 0 Å². The van der Waals surface area contributed by atoms with Crippen molar-refractivity contribution in [1.82, 2.24) is 19.1 Å². The van der Waals surface area contributed by atoms with Gasteiger partial charge in [0.25, 0.3) is 0 Å². The van der Waals surface area contributed by atoms with Crippen LogP contribution in [-0.4, -0.2) is 19.1 Å². The molecule has 0 saturated carbocycles. The minimum atomic E-state index is 0.650. The number of para-hydroxylation sites is 2. The van der Waals surface area contributed by atoms with Crippen LogP contribution in [0.3, 0.4) is 0 Å². The minimum absolute atomic E-state index is 0.650. The highest BCUT2D eigenvalue weighted by Crippen LogP contribution is 2.44. The van der Waals surface area contributed by atoms with Crippen LogP contribution >= 0.6 is 11.3 Å². The van der Waals surface area contributed by atoms with Crippen molar-refractivity contribution < 1.29 is 0 Å². The molecule has 0 amide bonds. The molecule has 0 aliphatic heterocycles. The molecule has 0 aliphatic carbocycles. The SMILES string of the molecule is c1ccc(-c2cc(-c3ccccc3)nc(-n3c4cc(-n5c6ccccc6c6ccccc65)ccc4c4ccc5sc6ccccc6c5c43)n2)cc1. The van der Waals surface area contributed by atoms with Crippen LogP contribution in [0.4, 0.5) is 0 Å². The smallest absolute Gasteiger partial charge is 0.235 e. The fourth-order valence-corrected chi connectivity index (χ4v) is 9.01. The van der Waals surface area contributed by atoms with E-state index in [2.05, 4.69) is 167 Å². The van der Waals surface area contributed by atoms with Gasteiger partial charge in [0, 0.05) is 58.5 Å². The molecule has 4 heterocycles. The highest BCUT2D eigenvalue weighted by atomic mass is 32.1. The Kier molecular flexibility index (Phi) is 6.09. The summed E-state index contributed by atoms with van der Waals surface area (Å²) in [6.45, 7) is 0. The molecule has 51 heavy (non-hydrogen) atoms. The Hall–Kier alpha value is -6.56. The van der Waals surface area contributed by atoms with Gasteiger partial charge >= 0.3 is 0 Å². The van der Waals surface area contributed by atoms with Gasteiger partial charge in [0.05, 0.1) is 33.5 Å². The Morgan fingerprint density at radius 1 is 0.392 bits per heavy atom. The number of fused-ring (bicyclic) bond motifs is 10. The Labute approximate surface area is 297 Å². The predicted octanol–water partition coefficient (Wildman–Crippen LogP) is 12.4. The lowest BCUT2D eigenvalue weighted by atomic mass is 10.1. The average Bonchev–Trinajstić information content (AvgIpc) is 3.86. The Balaban J connectivity index is 1.30. The summed E-state index contributed by atoms with van der Waals surface area (Å²) in [5, 5.41) is 7.32. The van der Waals surface area contributed by atoms with Gasteiger partial charge < -0.3 is 4.57 Å². The molecule has 0 radical (unpaired) electrons. The number of nitrogens with zero attached hydrogens (tertiary/aromatic N) is 4. The van der Waals surface area contributed by atoms with Crippen molar-refractivity contribution in [3.63, 3.8) is 0 Å². The first-order valence-corrected chi connectivity index (χ1v) is 18.0. The number of thiophene rings is 1. The minimum Gasteiger partial charge on any atom is -0.309 e. The van der Waals surface area contributed by atoms with E-state index < -0.39 is 0 Å². The summed E-state index contributed by atoms with van der Waals surface area (Å²) >= 11 is 1.84. The van der Waals surface area contributed by atoms with Gasteiger partial charge in [-0.15, -0.1) is 11.3 Å². The second kappa shape index (κ2) is 11.0.